The molecular formula is C21H27NO4. The van der Waals surface area contributed by atoms with Gasteiger partial charge in [0.1, 0.15) is 0 Å². The van der Waals surface area contributed by atoms with Crippen LogP contribution in [0.25, 0.3) is 0 Å². The quantitative estimate of drug-likeness (QED) is 0.752. The molecule has 2 rings (SSSR count). The molecule has 0 saturated heterocycles. The molecule has 0 fully saturated rings. The average Bonchev–Trinajstić information content (AvgIpc) is 2.64. The van der Waals surface area contributed by atoms with Crippen molar-refractivity contribution in [1.29, 1.82) is 0 Å². The summed E-state index contributed by atoms with van der Waals surface area (Å²) in [6.07, 6.45) is 1.48. The van der Waals surface area contributed by atoms with Gasteiger partial charge in [0.2, 0.25) is 0 Å². The summed E-state index contributed by atoms with van der Waals surface area (Å²) >= 11 is 0. The highest BCUT2D eigenvalue weighted by atomic mass is 16.5. The van der Waals surface area contributed by atoms with E-state index < -0.39 is 17.9 Å². The summed E-state index contributed by atoms with van der Waals surface area (Å²) in [5.41, 5.74) is 3.17. The van der Waals surface area contributed by atoms with E-state index in [1.807, 2.05) is 58.0 Å². The van der Waals surface area contributed by atoms with E-state index >= 15 is 0 Å². The summed E-state index contributed by atoms with van der Waals surface area (Å²) in [7, 11) is 0. The van der Waals surface area contributed by atoms with Crippen molar-refractivity contribution < 1.29 is 19.1 Å². The van der Waals surface area contributed by atoms with Gasteiger partial charge in [0, 0.05) is 11.4 Å². The summed E-state index contributed by atoms with van der Waals surface area (Å²) in [6.45, 7) is 8.23. The van der Waals surface area contributed by atoms with E-state index in [1.165, 1.54) is 0 Å². The summed E-state index contributed by atoms with van der Waals surface area (Å²) in [4.78, 5) is 25.5. The molecule has 1 aromatic rings. The van der Waals surface area contributed by atoms with Crippen molar-refractivity contribution in [2.45, 2.75) is 46.5 Å². The minimum absolute atomic E-state index is 0.343. The Labute approximate surface area is 155 Å². The number of benzene rings is 1. The van der Waals surface area contributed by atoms with Crippen LogP contribution in [0.15, 0.2) is 52.9 Å². The highest BCUT2D eigenvalue weighted by Crippen LogP contribution is 2.39. The van der Waals surface area contributed by atoms with E-state index in [0.29, 0.717) is 35.8 Å². The molecule has 0 atom stereocenters. The maximum Gasteiger partial charge on any atom is 0.336 e. The summed E-state index contributed by atoms with van der Waals surface area (Å²) in [5, 5.41) is 3.15. The third-order valence-electron chi connectivity index (χ3n) is 4.21. The molecule has 1 heterocycles. The number of esters is 2. The Balaban J connectivity index is 2.51. The Bertz CT molecular complexity index is 677. The van der Waals surface area contributed by atoms with Gasteiger partial charge in [-0.25, -0.2) is 9.59 Å². The molecular weight excluding hydrogens is 330 g/mol. The number of hydrogen-bond donors (Lipinski definition) is 1. The summed E-state index contributed by atoms with van der Waals surface area (Å²) in [6, 6.07) is 9.52. The lowest BCUT2D eigenvalue weighted by Gasteiger charge is -2.30. The number of ether oxygens (including phenoxy) is 2. The lowest BCUT2D eigenvalue weighted by molar-refractivity contribution is -0.140. The van der Waals surface area contributed by atoms with Gasteiger partial charge in [0.15, 0.2) is 0 Å². The van der Waals surface area contributed by atoms with Gasteiger partial charge in [0.25, 0.3) is 0 Å². The highest BCUT2D eigenvalue weighted by Gasteiger charge is 2.37. The normalized spacial score (nSPS) is 14.9. The van der Waals surface area contributed by atoms with Crippen LogP contribution in [0.2, 0.25) is 0 Å². The molecule has 0 radical (unpaired) electrons. The first-order valence-corrected chi connectivity index (χ1v) is 9.08. The third-order valence-corrected chi connectivity index (χ3v) is 4.21. The van der Waals surface area contributed by atoms with Gasteiger partial charge >= 0.3 is 11.9 Å². The lowest BCUT2D eigenvalue weighted by atomic mass is 9.80. The summed E-state index contributed by atoms with van der Waals surface area (Å²) < 4.78 is 10.8. The van der Waals surface area contributed by atoms with Crippen LogP contribution in [0.4, 0.5) is 0 Å². The zero-order chi connectivity index (χ0) is 19.1. The van der Waals surface area contributed by atoms with Crippen molar-refractivity contribution in [3.05, 3.63) is 58.4 Å². The minimum Gasteiger partial charge on any atom is -0.462 e. The molecule has 5 heteroatoms. The first-order valence-electron chi connectivity index (χ1n) is 9.08. The van der Waals surface area contributed by atoms with Gasteiger partial charge in [-0.05, 0) is 32.3 Å². The van der Waals surface area contributed by atoms with E-state index in [4.69, 9.17) is 9.47 Å². The lowest BCUT2D eigenvalue weighted by Crippen LogP contribution is -2.32. The number of hydrogen-bond acceptors (Lipinski definition) is 5. The van der Waals surface area contributed by atoms with Crippen molar-refractivity contribution >= 4 is 11.9 Å². The van der Waals surface area contributed by atoms with Crippen LogP contribution in [0.3, 0.4) is 0 Å². The van der Waals surface area contributed by atoms with Crippen LogP contribution < -0.4 is 5.32 Å². The van der Waals surface area contributed by atoms with Crippen LogP contribution >= 0.6 is 0 Å². The molecule has 0 amide bonds. The highest BCUT2D eigenvalue weighted by molar-refractivity contribution is 5.99. The fraction of sp³-hybridized carbons (Fsp3) is 0.429. The van der Waals surface area contributed by atoms with E-state index in [9.17, 15) is 9.59 Å². The topological polar surface area (TPSA) is 64.6 Å². The number of dihydropyridines is 1. The Morgan fingerprint density at radius 3 is 1.77 bits per heavy atom. The smallest absolute Gasteiger partial charge is 0.336 e. The summed E-state index contributed by atoms with van der Waals surface area (Å²) in [5.74, 6) is -1.32. The zero-order valence-corrected chi connectivity index (χ0v) is 15.9. The largest absolute Gasteiger partial charge is 0.462 e. The molecule has 5 nitrogen and oxygen atoms in total. The van der Waals surface area contributed by atoms with E-state index in [2.05, 4.69) is 5.32 Å². The first kappa shape index (κ1) is 19.8. The number of carbonyl (C=O) groups is 2. The second-order valence-corrected chi connectivity index (χ2v) is 6.32. The molecule has 1 N–H and O–H groups in total. The fourth-order valence-corrected chi connectivity index (χ4v) is 3.06. The van der Waals surface area contributed by atoms with Crippen LogP contribution in [0.5, 0.6) is 0 Å². The van der Waals surface area contributed by atoms with Crippen LogP contribution in [0.1, 0.15) is 52.0 Å². The second kappa shape index (κ2) is 9.22. The Hall–Kier alpha value is -2.56. The van der Waals surface area contributed by atoms with Crippen molar-refractivity contribution in [2.24, 2.45) is 0 Å². The number of rotatable bonds is 7. The van der Waals surface area contributed by atoms with Crippen LogP contribution in [-0.4, -0.2) is 25.2 Å². The predicted octanol–water partition coefficient (Wildman–Crippen LogP) is 3.83. The Morgan fingerprint density at radius 1 is 0.885 bits per heavy atom. The number of carbonyl (C=O) groups excluding carboxylic acids is 2. The molecule has 0 aliphatic carbocycles. The van der Waals surface area contributed by atoms with Gasteiger partial charge in [0.05, 0.1) is 30.3 Å². The van der Waals surface area contributed by atoms with Crippen molar-refractivity contribution in [3.63, 3.8) is 0 Å². The van der Waals surface area contributed by atoms with Gasteiger partial charge < -0.3 is 14.8 Å². The first-order chi connectivity index (χ1) is 12.5. The SMILES string of the molecule is CCCOC(=O)C1=C(C)NC(C)=C(C(=O)OCCC)C1c1ccccc1. The maximum atomic E-state index is 12.7. The predicted molar refractivity (Wildman–Crippen MR) is 100 cm³/mol. The van der Waals surface area contributed by atoms with Gasteiger partial charge in [-0.3, -0.25) is 0 Å². The molecule has 1 aliphatic heterocycles. The molecule has 26 heavy (non-hydrogen) atoms. The fourth-order valence-electron chi connectivity index (χ4n) is 3.06. The minimum atomic E-state index is -0.508. The molecule has 0 unspecified atom stereocenters. The number of nitrogens with one attached hydrogen (secondary N) is 1. The van der Waals surface area contributed by atoms with Crippen molar-refractivity contribution in [1.82, 2.24) is 5.32 Å². The van der Waals surface area contributed by atoms with Gasteiger partial charge in [-0.1, -0.05) is 44.2 Å². The zero-order valence-electron chi connectivity index (χ0n) is 15.9. The third kappa shape index (κ3) is 4.34. The molecule has 0 bridgehead atoms. The monoisotopic (exact) mass is 357 g/mol. The maximum absolute atomic E-state index is 12.7. The Morgan fingerprint density at radius 2 is 1.35 bits per heavy atom. The Kier molecular flexibility index (Phi) is 7.01. The van der Waals surface area contributed by atoms with Gasteiger partial charge in [-0.2, -0.15) is 0 Å². The molecule has 0 aromatic heterocycles. The van der Waals surface area contributed by atoms with E-state index in [0.717, 1.165) is 18.4 Å². The van der Waals surface area contributed by atoms with Crippen molar-refractivity contribution in [3.8, 4) is 0 Å². The number of allylic oxidation sites excluding steroid dienone is 2. The standard InChI is InChI=1S/C21H27NO4/c1-5-12-25-20(23)17-14(3)22-15(4)18(21(24)26-13-6-2)19(17)16-10-8-7-9-11-16/h7-11,19,22H,5-6,12-13H2,1-4H3. The second-order valence-electron chi connectivity index (χ2n) is 6.32. The van der Waals surface area contributed by atoms with Crippen LogP contribution in [0, 0.1) is 0 Å². The van der Waals surface area contributed by atoms with Crippen molar-refractivity contribution in [2.75, 3.05) is 13.2 Å². The van der Waals surface area contributed by atoms with Gasteiger partial charge in [-0.15, -0.1) is 0 Å². The molecule has 1 aromatic carbocycles. The van der Waals surface area contributed by atoms with Crippen LogP contribution in [-0.2, 0) is 19.1 Å². The molecule has 140 valence electrons. The average molecular weight is 357 g/mol. The molecule has 0 saturated carbocycles. The molecule has 0 spiro atoms. The van der Waals surface area contributed by atoms with E-state index in [1.54, 1.807) is 0 Å². The van der Waals surface area contributed by atoms with E-state index in [-0.39, 0.29) is 0 Å². The molecule has 1 aliphatic rings.